The number of piperidine rings is 1. The molecule has 0 saturated carbocycles. The Balaban J connectivity index is 1.36. The second-order valence-electron chi connectivity index (χ2n) is 7.50. The summed E-state index contributed by atoms with van der Waals surface area (Å²) in [5.41, 5.74) is 2.35. The highest BCUT2D eigenvalue weighted by molar-refractivity contribution is 5.93. The molecule has 2 aromatic carbocycles. The maximum atomic E-state index is 12.9. The first-order valence-corrected chi connectivity index (χ1v) is 10.2. The minimum Gasteiger partial charge on any atom is -0.497 e. The van der Waals surface area contributed by atoms with Crippen LogP contribution in [-0.2, 0) is 16.0 Å². The van der Waals surface area contributed by atoms with Crippen LogP contribution < -0.4 is 10.1 Å². The highest BCUT2D eigenvalue weighted by atomic mass is 16.5. The Morgan fingerprint density at radius 3 is 2.77 bits per heavy atom. The van der Waals surface area contributed by atoms with Crippen molar-refractivity contribution in [3.63, 3.8) is 0 Å². The van der Waals surface area contributed by atoms with Crippen LogP contribution in [0.15, 0.2) is 54.9 Å². The summed E-state index contributed by atoms with van der Waals surface area (Å²) in [4.78, 5) is 27.4. The molecule has 1 fully saturated rings. The van der Waals surface area contributed by atoms with Crippen molar-refractivity contribution in [2.24, 2.45) is 5.92 Å². The number of benzene rings is 2. The maximum absolute atomic E-state index is 12.9. The molecule has 0 unspecified atom stereocenters. The van der Waals surface area contributed by atoms with Crippen LogP contribution >= 0.6 is 0 Å². The van der Waals surface area contributed by atoms with Crippen molar-refractivity contribution in [3.05, 3.63) is 60.4 Å². The molecule has 1 aromatic heterocycles. The fourth-order valence-electron chi connectivity index (χ4n) is 3.70. The summed E-state index contributed by atoms with van der Waals surface area (Å²) >= 11 is 0. The van der Waals surface area contributed by atoms with Gasteiger partial charge >= 0.3 is 0 Å². The zero-order valence-corrected chi connectivity index (χ0v) is 17.3. The van der Waals surface area contributed by atoms with Crippen LogP contribution in [0.2, 0.25) is 0 Å². The Morgan fingerprint density at radius 1 is 1.19 bits per heavy atom. The standard InChI is InChI=1S/C22H24N6O3/c1-31-20-9-7-16(8-10-20)12-21(29)27-11-3-4-17(14-27)22(30)24-18-5-2-6-19(13-18)28-15-23-25-26-28/h2,5-10,13,15,17H,3-4,11-12,14H2,1H3,(H,24,30)/t17-/m0/s1. The molecule has 1 atom stereocenters. The molecule has 2 heterocycles. The van der Waals surface area contributed by atoms with Crippen LogP contribution in [0, 0.1) is 5.92 Å². The Bertz CT molecular complexity index is 1040. The minimum atomic E-state index is -0.245. The second-order valence-corrected chi connectivity index (χ2v) is 7.50. The van der Waals surface area contributed by atoms with Gasteiger partial charge in [0.1, 0.15) is 12.1 Å². The molecule has 9 nitrogen and oxygen atoms in total. The summed E-state index contributed by atoms with van der Waals surface area (Å²) < 4.78 is 6.68. The van der Waals surface area contributed by atoms with Crippen LogP contribution in [0.5, 0.6) is 5.75 Å². The molecule has 1 N–H and O–H groups in total. The predicted molar refractivity (Wildman–Crippen MR) is 114 cm³/mol. The first kappa shape index (κ1) is 20.5. The van der Waals surface area contributed by atoms with Crippen LogP contribution in [0.3, 0.4) is 0 Å². The largest absolute Gasteiger partial charge is 0.497 e. The number of carbonyl (C=O) groups is 2. The van der Waals surface area contributed by atoms with E-state index in [0.29, 0.717) is 25.2 Å². The lowest BCUT2D eigenvalue weighted by molar-refractivity contribution is -0.133. The number of nitrogens with one attached hydrogen (secondary N) is 1. The smallest absolute Gasteiger partial charge is 0.229 e. The number of aromatic nitrogens is 4. The van der Waals surface area contributed by atoms with Crippen LogP contribution in [0.25, 0.3) is 5.69 Å². The van der Waals surface area contributed by atoms with Gasteiger partial charge in [-0.25, -0.2) is 4.68 Å². The van der Waals surface area contributed by atoms with Gasteiger partial charge in [0.05, 0.1) is 25.1 Å². The van der Waals surface area contributed by atoms with E-state index >= 15 is 0 Å². The second kappa shape index (κ2) is 9.38. The molecule has 9 heteroatoms. The van der Waals surface area contributed by atoms with E-state index in [1.165, 1.54) is 11.0 Å². The van der Waals surface area contributed by atoms with Gasteiger partial charge in [-0.05, 0) is 59.2 Å². The summed E-state index contributed by atoms with van der Waals surface area (Å²) in [6, 6.07) is 14.8. The van der Waals surface area contributed by atoms with Crippen molar-refractivity contribution in [1.82, 2.24) is 25.1 Å². The van der Waals surface area contributed by atoms with Gasteiger partial charge in [-0.15, -0.1) is 5.10 Å². The zero-order chi connectivity index (χ0) is 21.6. The fraction of sp³-hybridized carbons (Fsp3) is 0.318. The lowest BCUT2D eigenvalue weighted by atomic mass is 9.96. The molecule has 4 rings (SSSR count). The van der Waals surface area contributed by atoms with Crippen molar-refractivity contribution >= 4 is 17.5 Å². The lowest BCUT2D eigenvalue weighted by Gasteiger charge is -2.32. The summed E-state index contributed by atoms with van der Waals surface area (Å²) in [7, 11) is 1.61. The van der Waals surface area contributed by atoms with E-state index in [9.17, 15) is 9.59 Å². The van der Waals surface area contributed by atoms with Crippen molar-refractivity contribution in [2.45, 2.75) is 19.3 Å². The zero-order valence-electron chi connectivity index (χ0n) is 17.3. The van der Waals surface area contributed by atoms with Gasteiger partial charge in [0.15, 0.2) is 0 Å². The van der Waals surface area contributed by atoms with E-state index in [2.05, 4.69) is 20.8 Å². The Hall–Kier alpha value is -3.75. The maximum Gasteiger partial charge on any atom is 0.229 e. The molecule has 0 spiro atoms. The molecule has 1 aliphatic rings. The number of hydrogen-bond acceptors (Lipinski definition) is 6. The van der Waals surface area contributed by atoms with Gasteiger partial charge in [-0.3, -0.25) is 9.59 Å². The first-order chi connectivity index (χ1) is 15.1. The van der Waals surface area contributed by atoms with Gasteiger partial charge in [0.2, 0.25) is 11.8 Å². The van der Waals surface area contributed by atoms with Gasteiger partial charge in [-0.2, -0.15) is 0 Å². The summed E-state index contributed by atoms with van der Waals surface area (Å²) in [5, 5.41) is 14.1. The molecule has 31 heavy (non-hydrogen) atoms. The van der Waals surface area contributed by atoms with E-state index in [-0.39, 0.29) is 17.7 Å². The highest BCUT2D eigenvalue weighted by Gasteiger charge is 2.28. The number of carbonyl (C=O) groups excluding carboxylic acids is 2. The fourth-order valence-corrected chi connectivity index (χ4v) is 3.70. The number of amides is 2. The molecular weight excluding hydrogens is 396 g/mol. The number of likely N-dealkylation sites (tertiary alicyclic amines) is 1. The van der Waals surface area contributed by atoms with E-state index in [4.69, 9.17) is 4.74 Å². The van der Waals surface area contributed by atoms with Gasteiger partial charge in [0, 0.05) is 18.8 Å². The van der Waals surface area contributed by atoms with Crippen molar-refractivity contribution in [3.8, 4) is 11.4 Å². The average molecular weight is 420 g/mol. The monoisotopic (exact) mass is 420 g/mol. The molecular formula is C22H24N6O3. The van der Waals surface area contributed by atoms with E-state index < -0.39 is 0 Å². The molecule has 1 aliphatic heterocycles. The number of methoxy groups -OCH3 is 1. The van der Waals surface area contributed by atoms with Crippen LogP contribution in [-0.4, -0.2) is 57.1 Å². The predicted octanol–water partition coefficient (Wildman–Crippen LogP) is 2.09. The Labute approximate surface area is 180 Å². The molecule has 3 aromatic rings. The molecule has 0 radical (unpaired) electrons. The molecule has 0 aliphatic carbocycles. The topological polar surface area (TPSA) is 102 Å². The number of anilines is 1. The van der Waals surface area contributed by atoms with Crippen molar-refractivity contribution < 1.29 is 14.3 Å². The normalized spacial score (nSPS) is 16.0. The number of nitrogens with zero attached hydrogens (tertiary/aromatic N) is 5. The number of ether oxygens (including phenoxy) is 1. The van der Waals surface area contributed by atoms with E-state index in [1.807, 2.05) is 48.5 Å². The minimum absolute atomic E-state index is 0.0309. The highest BCUT2D eigenvalue weighted by Crippen LogP contribution is 2.21. The number of rotatable bonds is 6. The third-order valence-corrected chi connectivity index (χ3v) is 5.39. The summed E-state index contributed by atoms with van der Waals surface area (Å²) in [5.74, 6) is 0.458. The van der Waals surface area contributed by atoms with E-state index in [0.717, 1.165) is 29.8 Å². The van der Waals surface area contributed by atoms with Gasteiger partial charge in [-0.1, -0.05) is 18.2 Å². The van der Waals surface area contributed by atoms with Crippen LogP contribution in [0.1, 0.15) is 18.4 Å². The Kier molecular flexibility index (Phi) is 6.21. The number of tetrazole rings is 1. The van der Waals surface area contributed by atoms with Crippen LogP contribution in [0.4, 0.5) is 5.69 Å². The first-order valence-electron chi connectivity index (χ1n) is 10.2. The SMILES string of the molecule is COc1ccc(CC(=O)N2CCC[C@H](C(=O)Nc3cccc(-n4cnnn4)c3)C2)cc1. The lowest BCUT2D eigenvalue weighted by Crippen LogP contribution is -2.44. The third-order valence-electron chi connectivity index (χ3n) is 5.39. The molecule has 2 amide bonds. The average Bonchev–Trinajstić information content (AvgIpc) is 3.35. The van der Waals surface area contributed by atoms with E-state index in [1.54, 1.807) is 12.0 Å². The Morgan fingerprint density at radius 2 is 2.03 bits per heavy atom. The van der Waals surface area contributed by atoms with Gasteiger partial charge < -0.3 is 15.0 Å². The summed E-state index contributed by atoms with van der Waals surface area (Å²) in [6.45, 7) is 1.10. The van der Waals surface area contributed by atoms with Crippen molar-refractivity contribution in [1.29, 1.82) is 0 Å². The third kappa shape index (κ3) is 5.06. The summed E-state index contributed by atoms with van der Waals surface area (Å²) in [6.07, 6.45) is 3.36. The molecule has 0 bridgehead atoms. The van der Waals surface area contributed by atoms with Gasteiger partial charge in [0.25, 0.3) is 0 Å². The van der Waals surface area contributed by atoms with Crippen molar-refractivity contribution in [2.75, 3.05) is 25.5 Å². The quantitative estimate of drug-likeness (QED) is 0.655. The molecule has 160 valence electrons. The molecule has 1 saturated heterocycles. The number of hydrogen-bond donors (Lipinski definition) is 1.